The number of fused-ring (bicyclic) bond motifs is 1. The van der Waals surface area contributed by atoms with Crippen LogP contribution in [0, 0.1) is 0 Å². The van der Waals surface area contributed by atoms with E-state index in [1.807, 2.05) is 42.5 Å². The van der Waals surface area contributed by atoms with Gasteiger partial charge in [0, 0.05) is 17.5 Å². The maximum Gasteiger partial charge on any atom is 0.313 e. The molecule has 0 spiro atoms. The van der Waals surface area contributed by atoms with Gasteiger partial charge in [-0.05, 0) is 17.7 Å². The molecule has 1 aliphatic heterocycles. The Bertz CT molecular complexity index is 786. The number of hydrogen-bond donors (Lipinski definition) is 0. The maximum absolute atomic E-state index is 12.1. The van der Waals surface area contributed by atoms with Crippen molar-refractivity contribution in [2.75, 3.05) is 12.0 Å². The molecule has 0 saturated carbocycles. The van der Waals surface area contributed by atoms with E-state index in [1.165, 1.54) is 13.2 Å². The fourth-order valence-corrected chi connectivity index (χ4v) is 3.61. The lowest BCUT2D eigenvalue weighted by Gasteiger charge is -2.20. The van der Waals surface area contributed by atoms with Crippen LogP contribution in [0.4, 0.5) is 5.69 Å². The second-order valence-corrected chi connectivity index (χ2v) is 6.41. The minimum absolute atomic E-state index is 0.240. The molecule has 4 nitrogen and oxygen atoms in total. The Morgan fingerprint density at radius 3 is 2.54 bits per heavy atom. The molecule has 0 amide bonds. The van der Waals surface area contributed by atoms with Crippen LogP contribution in [0.3, 0.4) is 0 Å². The predicted octanol–water partition coefficient (Wildman–Crippen LogP) is 3.77. The Hall–Kier alpha value is -2.53. The van der Waals surface area contributed by atoms with Crippen LogP contribution in [0.5, 0.6) is 0 Å². The van der Waals surface area contributed by atoms with Gasteiger partial charge in [0.05, 0.1) is 17.8 Å². The van der Waals surface area contributed by atoms with Gasteiger partial charge in [0.15, 0.2) is 5.78 Å². The van der Waals surface area contributed by atoms with E-state index in [1.54, 1.807) is 11.8 Å². The first-order valence-electron chi connectivity index (χ1n) is 7.57. The van der Waals surface area contributed by atoms with Crippen molar-refractivity contribution < 1.29 is 14.3 Å². The lowest BCUT2D eigenvalue weighted by Crippen LogP contribution is -2.18. The summed E-state index contributed by atoms with van der Waals surface area (Å²) in [5, 5.41) is 0.828. The van der Waals surface area contributed by atoms with E-state index in [0.717, 1.165) is 21.2 Å². The molecular weight excluding hydrogens is 322 g/mol. The quantitative estimate of drug-likeness (QED) is 0.471. The molecule has 0 saturated heterocycles. The molecule has 0 radical (unpaired) electrons. The van der Waals surface area contributed by atoms with Crippen molar-refractivity contribution in [1.29, 1.82) is 0 Å². The molecule has 0 aromatic heterocycles. The fourth-order valence-electron chi connectivity index (χ4n) is 2.49. The molecular formula is C19H17NO3S. The number of benzene rings is 2. The minimum atomic E-state index is -0.521. The number of methoxy groups -OCH3 is 1. The highest BCUT2D eigenvalue weighted by Gasteiger charge is 2.25. The van der Waals surface area contributed by atoms with Crippen molar-refractivity contribution in [3.8, 4) is 0 Å². The van der Waals surface area contributed by atoms with Gasteiger partial charge in [-0.25, -0.2) is 0 Å². The molecule has 24 heavy (non-hydrogen) atoms. The van der Waals surface area contributed by atoms with Gasteiger partial charge in [-0.2, -0.15) is 0 Å². The monoisotopic (exact) mass is 339 g/mol. The molecule has 0 atom stereocenters. The van der Waals surface area contributed by atoms with Gasteiger partial charge < -0.3 is 9.64 Å². The highest BCUT2D eigenvalue weighted by molar-refractivity contribution is 8.03. The SMILES string of the molecule is COC(=O)CC(=O)/C=C1\Sc2ccccc2N1Cc1ccccc1. The third-order valence-corrected chi connectivity index (χ3v) is 4.76. The van der Waals surface area contributed by atoms with E-state index in [0.29, 0.717) is 6.54 Å². The number of esters is 1. The highest BCUT2D eigenvalue weighted by atomic mass is 32.2. The molecule has 0 bridgehead atoms. The molecule has 5 heteroatoms. The Kier molecular flexibility index (Phi) is 5.01. The molecule has 1 aliphatic rings. The normalized spacial score (nSPS) is 14.5. The van der Waals surface area contributed by atoms with Gasteiger partial charge in [0.2, 0.25) is 0 Å². The number of para-hydroxylation sites is 1. The standard InChI is InChI=1S/C19H17NO3S/c1-23-19(22)12-15(21)11-18-20(13-14-7-3-2-4-8-14)16-9-5-6-10-17(16)24-18/h2-11H,12-13H2,1H3/b18-11-. The van der Waals surface area contributed by atoms with Crippen LogP contribution in [-0.4, -0.2) is 18.9 Å². The van der Waals surface area contributed by atoms with Gasteiger partial charge in [0.25, 0.3) is 0 Å². The number of nitrogens with zero attached hydrogens (tertiary/aromatic N) is 1. The van der Waals surface area contributed by atoms with Crippen molar-refractivity contribution >= 4 is 29.2 Å². The number of thioether (sulfide) groups is 1. The Labute approximate surface area is 145 Å². The van der Waals surface area contributed by atoms with Crippen LogP contribution in [0.25, 0.3) is 0 Å². The smallest absolute Gasteiger partial charge is 0.313 e. The molecule has 0 aliphatic carbocycles. The summed E-state index contributed by atoms with van der Waals surface area (Å²) in [6.45, 7) is 0.669. The van der Waals surface area contributed by atoms with E-state index in [9.17, 15) is 9.59 Å². The zero-order valence-electron chi connectivity index (χ0n) is 13.3. The zero-order chi connectivity index (χ0) is 16.9. The summed E-state index contributed by atoms with van der Waals surface area (Å²) in [5.74, 6) is -0.776. The van der Waals surface area contributed by atoms with E-state index in [4.69, 9.17) is 0 Å². The van der Waals surface area contributed by atoms with E-state index >= 15 is 0 Å². The van der Waals surface area contributed by atoms with Crippen LogP contribution < -0.4 is 4.90 Å². The van der Waals surface area contributed by atoms with Crippen LogP contribution in [-0.2, 0) is 20.9 Å². The molecule has 3 rings (SSSR count). The Morgan fingerprint density at radius 1 is 1.08 bits per heavy atom. The summed E-state index contributed by atoms with van der Waals surface area (Å²) >= 11 is 1.54. The minimum Gasteiger partial charge on any atom is -0.469 e. The molecule has 2 aromatic carbocycles. The molecule has 2 aromatic rings. The predicted molar refractivity (Wildman–Crippen MR) is 94.6 cm³/mol. The van der Waals surface area contributed by atoms with E-state index in [-0.39, 0.29) is 12.2 Å². The third kappa shape index (κ3) is 3.68. The number of anilines is 1. The molecule has 1 heterocycles. The number of allylic oxidation sites excluding steroid dienone is 1. The first-order valence-corrected chi connectivity index (χ1v) is 8.38. The maximum atomic E-state index is 12.1. The first-order chi connectivity index (χ1) is 11.7. The summed E-state index contributed by atoms with van der Waals surface area (Å²) in [5.41, 5.74) is 2.23. The number of carbonyl (C=O) groups is 2. The average Bonchev–Trinajstić information content (AvgIpc) is 2.93. The highest BCUT2D eigenvalue weighted by Crippen LogP contribution is 2.46. The summed E-state index contributed by atoms with van der Waals surface area (Å²) < 4.78 is 4.56. The molecule has 122 valence electrons. The Morgan fingerprint density at radius 2 is 1.79 bits per heavy atom. The van der Waals surface area contributed by atoms with Crippen molar-refractivity contribution in [2.45, 2.75) is 17.9 Å². The fraction of sp³-hybridized carbons (Fsp3) is 0.158. The molecule has 0 N–H and O–H groups in total. The molecule has 0 fully saturated rings. The average molecular weight is 339 g/mol. The molecule has 0 unspecified atom stereocenters. The van der Waals surface area contributed by atoms with Gasteiger partial charge in [-0.15, -0.1) is 0 Å². The lowest BCUT2D eigenvalue weighted by molar-refractivity contribution is -0.142. The second kappa shape index (κ2) is 7.36. The number of hydrogen-bond acceptors (Lipinski definition) is 5. The van der Waals surface area contributed by atoms with Crippen LogP contribution in [0.15, 0.2) is 70.6 Å². The number of carbonyl (C=O) groups excluding carboxylic acids is 2. The van der Waals surface area contributed by atoms with Crippen molar-refractivity contribution in [2.24, 2.45) is 0 Å². The summed E-state index contributed by atoms with van der Waals surface area (Å²) in [4.78, 5) is 26.6. The van der Waals surface area contributed by atoms with E-state index < -0.39 is 5.97 Å². The van der Waals surface area contributed by atoms with Crippen molar-refractivity contribution in [1.82, 2.24) is 0 Å². The largest absolute Gasteiger partial charge is 0.469 e. The van der Waals surface area contributed by atoms with Crippen molar-refractivity contribution in [3.05, 3.63) is 71.3 Å². The first kappa shape index (κ1) is 16.3. The van der Waals surface area contributed by atoms with Gasteiger partial charge in [-0.1, -0.05) is 54.2 Å². The van der Waals surface area contributed by atoms with Gasteiger partial charge in [-0.3, -0.25) is 9.59 Å². The van der Waals surface area contributed by atoms with Gasteiger partial charge >= 0.3 is 5.97 Å². The second-order valence-electron chi connectivity index (χ2n) is 5.34. The zero-order valence-corrected chi connectivity index (χ0v) is 14.1. The summed E-state index contributed by atoms with van der Waals surface area (Å²) in [7, 11) is 1.28. The van der Waals surface area contributed by atoms with Gasteiger partial charge in [0.1, 0.15) is 6.42 Å². The number of ketones is 1. The Balaban J connectivity index is 1.88. The van der Waals surface area contributed by atoms with E-state index in [2.05, 4.69) is 21.8 Å². The summed E-state index contributed by atoms with van der Waals surface area (Å²) in [6.07, 6.45) is 1.29. The van der Waals surface area contributed by atoms with Crippen LogP contribution in [0.2, 0.25) is 0 Å². The van der Waals surface area contributed by atoms with Crippen molar-refractivity contribution in [3.63, 3.8) is 0 Å². The number of rotatable bonds is 5. The third-order valence-electron chi connectivity index (χ3n) is 3.65. The topological polar surface area (TPSA) is 46.6 Å². The van der Waals surface area contributed by atoms with Crippen LogP contribution in [0.1, 0.15) is 12.0 Å². The lowest BCUT2D eigenvalue weighted by atomic mass is 10.2. The van der Waals surface area contributed by atoms with Crippen LogP contribution >= 0.6 is 11.8 Å². The number of ether oxygens (including phenoxy) is 1. The summed E-state index contributed by atoms with van der Waals surface area (Å²) in [6, 6.07) is 18.1.